The Hall–Kier alpha value is -3.49. The number of hydrogen-bond acceptors (Lipinski definition) is 6. The van der Waals surface area contributed by atoms with E-state index in [4.69, 9.17) is 16.3 Å². The van der Waals surface area contributed by atoms with Crippen LogP contribution in [-0.4, -0.2) is 21.3 Å². The summed E-state index contributed by atoms with van der Waals surface area (Å²) < 4.78 is 6.70. The summed E-state index contributed by atoms with van der Waals surface area (Å²) in [5.74, 6) is -0.945. The number of carbonyl (C=O) groups excluding carboxylic acids is 2. The molecule has 30 heavy (non-hydrogen) atoms. The summed E-state index contributed by atoms with van der Waals surface area (Å²) in [6.45, 7) is -0.137. The highest BCUT2D eigenvalue weighted by Crippen LogP contribution is 2.16. The molecule has 0 fully saturated rings. The lowest BCUT2D eigenvalue weighted by atomic mass is 10.1. The highest BCUT2D eigenvalue weighted by molar-refractivity contribution is 7.15. The second kappa shape index (κ2) is 8.48. The van der Waals surface area contributed by atoms with E-state index < -0.39 is 5.97 Å². The topological polar surface area (TPSA) is 89.8 Å². The van der Waals surface area contributed by atoms with Crippen LogP contribution in [0.4, 0.5) is 5.69 Å². The Labute approximate surface area is 179 Å². The average molecular weight is 440 g/mol. The van der Waals surface area contributed by atoms with Crippen molar-refractivity contribution < 1.29 is 14.3 Å². The van der Waals surface area contributed by atoms with Crippen molar-refractivity contribution in [3.8, 4) is 0 Å². The molecule has 0 unspecified atom stereocenters. The third kappa shape index (κ3) is 4.40. The lowest BCUT2D eigenvalue weighted by molar-refractivity contribution is 0.0467. The number of carbonyl (C=O) groups is 2. The zero-order valence-corrected chi connectivity index (χ0v) is 16.9. The average Bonchev–Trinajstić information content (AvgIpc) is 3.21. The maximum atomic E-state index is 12.4. The Morgan fingerprint density at radius 3 is 2.73 bits per heavy atom. The predicted molar refractivity (Wildman–Crippen MR) is 114 cm³/mol. The molecule has 0 saturated carbocycles. The summed E-state index contributed by atoms with van der Waals surface area (Å²) in [7, 11) is 0. The molecule has 4 rings (SSSR count). The molecule has 7 nitrogen and oxygen atoms in total. The van der Waals surface area contributed by atoms with Gasteiger partial charge in [0, 0.05) is 33.9 Å². The van der Waals surface area contributed by atoms with Gasteiger partial charge in [0.2, 0.25) is 0 Å². The molecule has 0 bridgehead atoms. The van der Waals surface area contributed by atoms with Crippen molar-refractivity contribution in [2.75, 3.05) is 5.32 Å². The van der Waals surface area contributed by atoms with Gasteiger partial charge in [-0.15, -0.1) is 11.3 Å². The van der Waals surface area contributed by atoms with Crippen molar-refractivity contribution in [2.45, 2.75) is 6.61 Å². The molecule has 4 aromatic rings. The third-order valence-electron chi connectivity index (χ3n) is 4.15. The molecule has 0 radical (unpaired) electrons. The van der Waals surface area contributed by atoms with Crippen LogP contribution in [0.5, 0.6) is 0 Å². The molecule has 0 aliphatic carbocycles. The van der Waals surface area contributed by atoms with Gasteiger partial charge in [-0.1, -0.05) is 23.7 Å². The summed E-state index contributed by atoms with van der Waals surface area (Å²) in [6, 6.07) is 14.2. The van der Waals surface area contributed by atoms with Crippen LogP contribution in [0.3, 0.4) is 0 Å². The van der Waals surface area contributed by atoms with Gasteiger partial charge in [-0.25, -0.2) is 9.78 Å². The maximum Gasteiger partial charge on any atom is 0.338 e. The predicted octanol–water partition coefficient (Wildman–Crippen LogP) is 4.02. The van der Waals surface area contributed by atoms with Crippen molar-refractivity contribution in [3.05, 3.63) is 98.4 Å². The van der Waals surface area contributed by atoms with Crippen molar-refractivity contribution in [1.29, 1.82) is 0 Å². The zero-order valence-electron chi connectivity index (χ0n) is 15.4. The van der Waals surface area contributed by atoms with Crippen molar-refractivity contribution >= 4 is 45.5 Å². The molecule has 0 spiro atoms. The fourth-order valence-corrected chi connectivity index (χ4v) is 3.67. The number of hydrogen-bond donors (Lipinski definition) is 1. The van der Waals surface area contributed by atoms with Crippen LogP contribution in [-0.2, 0) is 11.3 Å². The number of rotatable bonds is 5. The minimum atomic E-state index is -0.595. The number of thiazole rings is 1. The SMILES string of the molecule is O=C(Nc1cccc(C(=O)OCc2cc(=O)n3ccsc3n2)c1)c1cccc(Cl)c1. The lowest BCUT2D eigenvalue weighted by Crippen LogP contribution is -2.15. The smallest absolute Gasteiger partial charge is 0.338 e. The molecule has 9 heteroatoms. The Balaban J connectivity index is 1.44. The maximum absolute atomic E-state index is 12.4. The number of amides is 1. The van der Waals surface area contributed by atoms with Gasteiger partial charge in [-0.2, -0.15) is 0 Å². The van der Waals surface area contributed by atoms with Gasteiger partial charge in [0.25, 0.3) is 11.5 Å². The highest BCUT2D eigenvalue weighted by atomic mass is 35.5. The van der Waals surface area contributed by atoms with Crippen molar-refractivity contribution in [2.24, 2.45) is 0 Å². The van der Waals surface area contributed by atoms with E-state index in [-0.39, 0.29) is 23.6 Å². The van der Waals surface area contributed by atoms with E-state index in [0.29, 0.717) is 26.9 Å². The van der Waals surface area contributed by atoms with E-state index in [1.165, 1.54) is 27.9 Å². The van der Waals surface area contributed by atoms with E-state index in [0.717, 1.165) is 0 Å². The van der Waals surface area contributed by atoms with Gasteiger partial charge in [0.05, 0.1) is 11.3 Å². The van der Waals surface area contributed by atoms with Crippen LogP contribution in [0.25, 0.3) is 4.96 Å². The molecule has 0 aliphatic rings. The molecule has 1 N–H and O–H groups in total. The molecule has 1 amide bonds. The number of nitrogens with one attached hydrogen (secondary N) is 1. The first kappa shape index (κ1) is 19.8. The number of ether oxygens (including phenoxy) is 1. The lowest BCUT2D eigenvalue weighted by Gasteiger charge is -2.08. The minimum absolute atomic E-state index is 0.137. The summed E-state index contributed by atoms with van der Waals surface area (Å²) in [6.07, 6.45) is 1.63. The molecule has 2 heterocycles. The highest BCUT2D eigenvalue weighted by Gasteiger charge is 2.12. The first-order valence-electron chi connectivity index (χ1n) is 8.79. The van der Waals surface area contributed by atoms with Crippen molar-refractivity contribution in [3.63, 3.8) is 0 Å². The van der Waals surface area contributed by atoms with E-state index in [2.05, 4.69) is 10.3 Å². The fourth-order valence-electron chi connectivity index (χ4n) is 2.74. The number of benzene rings is 2. The van der Waals surface area contributed by atoms with E-state index in [9.17, 15) is 14.4 Å². The molecule has 0 saturated heterocycles. The Bertz CT molecular complexity index is 1310. The van der Waals surface area contributed by atoms with Gasteiger partial charge >= 0.3 is 5.97 Å². The Kier molecular flexibility index (Phi) is 5.60. The minimum Gasteiger partial charge on any atom is -0.456 e. The standard InChI is InChI=1S/C21H14ClN3O4S/c22-15-5-1-3-13(9-15)19(27)23-16-6-2-4-14(10-16)20(28)29-12-17-11-18(26)25-7-8-30-21(25)24-17/h1-11H,12H2,(H,23,27). The number of anilines is 1. The molecule has 2 aromatic carbocycles. The number of esters is 1. The molecular formula is C21H14ClN3O4S. The van der Waals surface area contributed by atoms with Gasteiger partial charge in [0.15, 0.2) is 4.96 Å². The number of halogens is 1. The van der Waals surface area contributed by atoms with Crippen LogP contribution in [0.15, 0.2) is 71.0 Å². The van der Waals surface area contributed by atoms with Crippen LogP contribution < -0.4 is 10.9 Å². The van der Waals surface area contributed by atoms with Gasteiger partial charge < -0.3 is 10.1 Å². The van der Waals surface area contributed by atoms with Crippen LogP contribution in [0, 0.1) is 0 Å². The summed E-state index contributed by atoms with van der Waals surface area (Å²) in [5.41, 5.74) is 1.22. The third-order valence-corrected chi connectivity index (χ3v) is 5.14. The first-order valence-corrected chi connectivity index (χ1v) is 10.1. The van der Waals surface area contributed by atoms with E-state index in [1.807, 2.05) is 0 Å². The van der Waals surface area contributed by atoms with E-state index >= 15 is 0 Å². The monoisotopic (exact) mass is 439 g/mol. The van der Waals surface area contributed by atoms with Gasteiger partial charge in [0.1, 0.15) is 6.61 Å². The van der Waals surface area contributed by atoms with Crippen LogP contribution >= 0.6 is 22.9 Å². The second-order valence-corrected chi connectivity index (χ2v) is 7.57. The first-order chi connectivity index (χ1) is 14.5. The summed E-state index contributed by atoms with van der Waals surface area (Å²) in [5, 5.41) is 4.92. The van der Waals surface area contributed by atoms with Gasteiger partial charge in [-0.3, -0.25) is 14.0 Å². The molecule has 0 aliphatic heterocycles. The van der Waals surface area contributed by atoms with Gasteiger partial charge in [-0.05, 0) is 36.4 Å². The molecular weight excluding hydrogens is 426 g/mol. The number of fused-ring (bicyclic) bond motifs is 1. The Morgan fingerprint density at radius 1 is 1.10 bits per heavy atom. The van der Waals surface area contributed by atoms with E-state index in [1.54, 1.807) is 54.0 Å². The van der Waals surface area contributed by atoms with Crippen LogP contribution in [0.1, 0.15) is 26.4 Å². The normalized spacial score (nSPS) is 10.7. The summed E-state index contributed by atoms with van der Waals surface area (Å²) >= 11 is 7.23. The molecule has 0 atom stereocenters. The van der Waals surface area contributed by atoms with Crippen LogP contribution in [0.2, 0.25) is 5.02 Å². The number of nitrogens with zero attached hydrogens (tertiary/aromatic N) is 2. The molecule has 150 valence electrons. The summed E-state index contributed by atoms with van der Waals surface area (Å²) in [4.78, 5) is 41.6. The largest absolute Gasteiger partial charge is 0.456 e. The molecule has 2 aromatic heterocycles. The Morgan fingerprint density at radius 2 is 1.90 bits per heavy atom. The fraction of sp³-hybridized carbons (Fsp3) is 0.0476. The van der Waals surface area contributed by atoms with Crippen molar-refractivity contribution in [1.82, 2.24) is 9.38 Å². The number of aromatic nitrogens is 2. The second-order valence-electron chi connectivity index (χ2n) is 6.26. The quantitative estimate of drug-likeness (QED) is 0.474. The zero-order chi connectivity index (χ0) is 21.1.